The van der Waals surface area contributed by atoms with Gasteiger partial charge < -0.3 is 0 Å². The van der Waals surface area contributed by atoms with Crippen LogP contribution in [0.25, 0.3) is 0 Å². The van der Waals surface area contributed by atoms with Gasteiger partial charge in [-0.25, -0.2) is 0 Å². The maximum atomic E-state index is 8.84. The number of hydrogen-bond acceptors (Lipinski definition) is 1. The number of hydrogen-bond donors (Lipinski definition) is 0. The predicted molar refractivity (Wildman–Crippen MR) is 61.9 cm³/mol. The first kappa shape index (κ1) is 13.0. The molecule has 0 heterocycles. The Morgan fingerprint density at radius 1 is 1.14 bits per heavy atom. The molecule has 0 spiro atoms. The van der Waals surface area contributed by atoms with E-state index in [9.17, 15) is 0 Å². The zero-order valence-electron chi connectivity index (χ0n) is 6.45. The topological polar surface area (TPSA) is 23.8 Å². The van der Waals surface area contributed by atoms with Crippen LogP contribution in [0.1, 0.15) is 0 Å². The molecular formula is C7H3Cl6N. The van der Waals surface area contributed by atoms with Gasteiger partial charge in [-0.05, 0) is 6.08 Å². The lowest BCUT2D eigenvalue weighted by Gasteiger charge is -2.43. The third kappa shape index (κ3) is 1.61. The summed E-state index contributed by atoms with van der Waals surface area (Å²) < 4.78 is -3.62. The molecule has 0 fully saturated rings. The third-order valence-electron chi connectivity index (χ3n) is 1.88. The Bertz CT molecular complexity index is 317. The number of halogens is 6. The number of nitriles is 1. The summed E-state index contributed by atoms with van der Waals surface area (Å²) in [7, 11) is 0. The smallest absolute Gasteiger partial charge is 0.188 e. The number of rotatable bonds is 0. The van der Waals surface area contributed by atoms with Crippen molar-refractivity contribution in [3.63, 3.8) is 0 Å². The summed E-state index contributed by atoms with van der Waals surface area (Å²) in [5.41, 5.74) is 0. The summed E-state index contributed by atoms with van der Waals surface area (Å²) in [6, 6.07) is 1.73. The van der Waals surface area contributed by atoms with Crippen LogP contribution in [0.2, 0.25) is 0 Å². The molecule has 78 valence electrons. The Hall–Kier alpha value is 0.970. The second-order valence-corrected chi connectivity index (χ2v) is 6.56. The first-order valence-electron chi connectivity index (χ1n) is 3.38. The summed E-state index contributed by atoms with van der Waals surface area (Å²) in [5.74, 6) is 0. The Morgan fingerprint density at radius 3 is 2.07 bits per heavy atom. The highest BCUT2D eigenvalue weighted by Gasteiger charge is 2.65. The van der Waals surface area contributed by atoms with Crippen LogP contribution in [0, 0.1) is 11.3 Å². The van der Waals surface area contributed by atoms with E-state index < -0.39 is 18.9 Å². The Kier molecular flexibility index (Phi) is 3.51. The fourth-order valence-corrected chi connectivity index (χ4v) is 2.52. The maximum absolute atomic E-state index is 8.84. The van der Waals surface area contributed by atoms with E-state index in [0.717, 1.165) is 0 Å². The van der Waals surface area contributed by atoms with Crippen LogP contribution in [0.3, 0.4) is 0 Å². The molecule has 0 aromatic carbocycles. The Balaban J connectivity index is 3.33. The Labute approximate surface area is 111 Å². The second kappa shape index (κ2) is 3.77. The molecule has 2 unspecified atom stereocenters. The average molecular weight is 314 g/mol. The molecule has 14 heavy (non-hydrogen) atoms. The highest BCUT2D eigenvalue weighted by molar-refractivity contribution is 6.67. The fourth-order valence-electron chi connectivity index (χ4n) is 0.966. The molecule has 0 aromatic rings. The van der Waals surface area contributed by atoms with E-state index in [2.05, 4.69) is 0 Å². The summed E-state index contributed by atoms with van der Waals surface area (Å²) in [6.07, 6.45) is 2.68. The first-order valence-corrected chi connectivity index (χ1v) is 5.71. The van der Waals surface area contributed by atoms with Crippen molar-refractivity contribution in [3.05, 3.63) is 12.2 Å². The lowest BCUT2D eigenvalue weighted by Crippen LogP contribution is -2.57. The molecule has 0 radical (unpaired) electrons. The van der Waals surface area contributed by atoms with Crippen molar-refractivity contribution in [1.29, 1.82) is 5.26 Å². The minimum atomic E-state index is -1.89. The van der Waals surface area contributed by atoms with Gasteiger partial charge in [0.1, 0.15) is 0 Å². The monoisotopic (exact) mass is 311 g/mol. The van der Waals surface area contributed by atoms with Gasteiger partial charge in [-0.3, -0.25) is 0 Å². The average Bonchev–Trinajstić information content (AvgIpc) is 2.10. The van der Waals surface area contributed by atoms with E-state index in [1.165, 1.54) is 12.2 Å². The second-order valence-electron chi connectivity index (χ2n) is 2.78. The van der Waals surface area contributed by atoms with Crippen LogP contribution in [0.15, 0.2) is 12.2 Å². The van der Waals surface area contributed by atoms with Gasteiger partial charge in [-0.1, -0.05) is 64.1 Å². The van der Waals surface area contributed by atoms with Crippen molar-refractivity contribution >= 4 is 69.6 Å². The molecular weight excluding hydrogens is 311 g/mol. The summed E-state index contributed by atoms with van der Waals surface area (Å²) in [4.78, 5) is -1.69. The molecule has 0 bridgehead atoms. The van der Waals surface area contributed by atoms with Crippen molar-refractivity contribution in [2.75, 3.05) is 0 Å². The first-order chi connectivity index (χ1) is 6.19. The lowest BCUT2D eigenvalue weighted by molar-refractivity contribution is 0.590. The highest BCUT2D eigenvalue weighted by atomic mass is 35.5. The largest absolute Gasteiger partial charge is 0.196 e. The predicted octanol–water partition coefficient (Wildman–Crippen LogP) is 4.01. The van der Waals surface area contributed by atoms with Crippen LogP contribution in [-0.2, 0) is 0 Å². The van der Waals surface area contributed by atoms with Crippen LogP contribution >= 0.6 is 69.6 Å². The molecule has 0 amide bonds. The minimum Gasteiger partial charge on any atom is -0.196 e. The Morgan fingerprint density at radius 2 is 1.64 bits per heavy atom. The van der Waals surface area contributed by atoms with Gasteiger partial charge >= 0.3 is 0 Å². The standard InChI is InChI=1S/C7H3Cl6N/c8-4-1-2-5(9,3-14)7(12,13)6(4,10)11/h1-2,4H. The van der Waals surface area contributed by atoms with E-state index in [-0.39, 0.29) is 0 Å². The van der Waals surface area contributed by atoms with Crippen molar-refractivity contribution in [3.8, 4) is 6.07 Å². The molecule has 1 aliphatic carbocycles. The zero-order chi connectivity index (χ0) is 11.2. The molecule has 0 N–H and O–H groups in total. The van der Waals surface area contributed by atoms with Gasteiger partial charge in [0.25, 0.3) is 0 Å². The number of alkyl halides is 6. The maximum Gasteiger partial charge on any atom is 0.188 e. The van der Waals surface area contributed by atoms with Crippen molar-refractivity contribution in [2.45, 2.75) is 18.9 Å². The molecule has 0 aromatic heterocycles. The number of nitrogens with zero attached hydrogens (tertiary/aromatic N) is 1. The van der Waals surface area contributed by atoms with E-state index in [4.69, 9.17) is 74.9 Å². The van der Waals surface area contributed by atoms with E-state index in [1.54, 1.807) is 6.07 Å². The van der Waals surface area contributed by atoms with Crippen LogP contribution in [0.4, 0.5) is 0 Å². The van der Waals surface area contributed by atoms with Crippen LogP contribution in [-0.4, -0.2) is 18.9 Å². The molecule has 1 aliphatic rings. The molecule has 7 heteroatoms. The van der Waals surface area contributed by atoms with Gasteiger partial charge in [-0.15, -0.1) is 11.6 Å². The summed E-state index contributed by atoms with van der Waals surface area (Å²) >= 11 is 35.1. The SMILES string of the molecule is N#CC1(Cl)C=CC(Cl)C(Cl)(Cl)C1(Cl)Cl. The molecule has 1 rings (SSSR count). The van der Waals surface area contributed by atoms with Crippen LogP contribution < -0.4 is 0 Å². The summed E-state index contributed by atoms with van der Waals surface area (Å²) in [6.45, 7) is 0. The molecule has 0 saturated heterocycles. The molecule has 1 nitrogen and oxygen atoms in total. The highest BCUT2D eigenvalue weighted by Crippen LogP contribution is 2.57. The minimum absolute atomic E-state index is 0.818. The van der Waals surface area contributed by atoms with Gasteiger partial charge in [0, 0.05) is 0 Å². The van der Waals surface area contributed by atoms with Crippen LogP contribution in [0.5, 0.6) is 0 Å². The van der Waals surface area contributed by atoms with Crippen molar-refractivity contribution < 1.29 is 0 Å². The molecule has 2 atom stereocenters. The third-order valence-corrected chi connectivity index (χ3v) is 5.88. The van der Waals surface area contributed by atoms with Gasteiger partial charge in [-0.2, -0.15) is 5.26 Å². The van der Waals surface area contributed by atoms with E-state index in [0.29, 0.717) is 0 Å². The van der Waals surface area contributed by atoms with E-state index >= 15 is 0 Å². The number of allylic oxidation sites excluding steroid dienone is 2. The molecule has 0 saturated carbocycles. The quantitative estimate of drug-likeness (QED) is 0.489. The molecule has 0 aliphatic heterocycles. The van der Waals surface area contributed by atoms with E-state index in [1.807, 2.05) is 0 Å². The van der Waals surface area contributed by atoms with Gasteiger partial charge in [0.15, 0.2) is 13.5 Å². The van der Waals surface area contributed by atoms with Crippen molar-refractivity contribution in [1.82, 2.24) is 0 Å². The van der Waals surface area contributed by atoms with Gasteiger partial charge in [0.05, 0.1) is 11.4 Å². The van der Waals surface area contributed by atoms with Crippen molar-refractivity contribution in [2.24, 2.45) is 0 Å². The zero-order valence-corrected chi connectivity index (χ0v) is 11.0. The normalized spacial score (nSPS) is 39.1. The lowest BCUT2D eigenvalue weighted by atomic mass is 9.93. The summed E-state index contributed by atoms with van der Waals surface area (Å²) in [5, 5.41) is 8.02. The van der Waals surface area contributed by atoms with Gasteiger partial charge in [0.2, 0.25) is 0 Å². The fraction of sp³-hybridized carbons (Fsp3) is 0.571.